The lowest BCUT2D eigenvalue weighted by atomic mass is 9.79. The molecule has 6 nitrogen and oxygen atoms in total. The van der Waals surface area contributed by atoms with Crippen LogP contribution < -0.4 is 0 Å². The number of aromatic nitrogens is 1. The van der Waals surface area contributed by atoms with Crippen LogP contribution in [0.1, 0.15) is 29.8 Å². The Morgan fingerprint density at radius 3 is 2.45 bits per heavy atom. The maximum atomic E-state index is 12.3. The van der Waals surface area contributed by atoms with Gasteiger partial charge in [-0.3, -0.25) is 4.79 Å². The first-order chi connectivity index (χ1) is 10.7. The van der Waals surface area contributed by atoms with E-state index in [1.807, 2.05) is 14.7 Å². The molecule has 0 aliphatic carbocycles. The van der Waals surface area contributed by atoms with Crippen molar-refractivity contribution in [3.05, 3.63) is 16.6 Å². The van der Waals surface area contributed by atoms with Crippen molar-refractivity contribution < 1.29 is 9.59 Å². The van der Waals surface area contributed by atoms with Crippen LogP contribution in [-0.2, 0) is 0 Å². The third kappa shape index (κ3) is 2.27. The van der Waals surface area contributed by atoms with E-state index in [1.54, 1.807) is 10.9 Å². The molecule has 3 amide bonds. The highest BCUT2D eigenvalue weighted by Crippen LogP contribution is 2.40. The number of likely N-dealkylation sites (tertiary alicyclic amines) is 3. The average molecular weight is 320 g/mol. The Hall–Kier alpha value is -1.63. The van der Waals surface area contributed by atoms with Crippen LogP contribution >= 0.6 is 11.3 Å². The van der Waals surface area contributed by atoms with E-state index in [0.717, 1.165) is 58.5 Å². The lowest BCUT2D eigenvalue weighted by Gasteiger charge is -2.48. The fraction of sp³-hybridized carbons (Fsp3) is 0.667. The Labute approximate surface area is 133 Å². The van der Waals surface area contributed by atoms with Crippen LogP contribution in [0, 0.1) is 5.41 Å². The van der Waals surface area contributed by atoms with Gasteiger partial charge in [0.2, 0.25) is 0 Å². The summed E-state index contributed by atoms with van der Waals surface area (Å²) in [7, 11) is 0. The zero-order chi connectivity index (χ0) is 15.2. The number of rotatable bonds is 1. The van der Waals surface area contributed by atoms with Gasteiger partial charge >= 0.3 is 6.03 Å². The third-order valence-corrected chi connectivity index (χ3v) is 5.66. The van der Waals surface area contributed by atoms with Gasteiger partial charge in [0.25, 0.3) is 5.91 Å². The molecule has 1 aromatic rings. The van der Waals surface area contributed by atoms with E-state index in [2.05, 4.69) is 4.98 Å². The quantitative estimate of drug-likeness (QED) is 0.788. The fourth-order valence-corrected chi connectivity index (χ4v) is 4.38. The van der Waals surface area contributed by atoms with Crippen molar-refractivity contribution in [2.45, 2.75) is 19.3 Å². The maximum absolute atomic E-state index is 12.3. The van der Waals surface area contributed by atoms with E-state index in [0.29, 0.717) is 5.69 Å². The molecule has 3 aliphatic rings. The van der Waals surface area contributed by atoms with Crippen LogP contribution in [0.4, 0.5) is 4.79 Å². The highest BCUT2D eigenvalue weighted by molar-refractivity contribution is 7.07. The Kier molecular flexibility index (Phi) is 3.32. The van der Waals surface area contributed by atoms with Crippen LogP contribution in [-0.4, -0.2) is 70.9 Å². The van der Waals surface area contributed by atoms with Gasteiger partial charge in [0.1, 0.15) is 5.69 Å². The minimum absolute atomic E-state index is 0.0300. The van der Waals surface area contributed by atoms with Crippen molar-refractivity contribution in [2.24, 2.45) is 5.41 Å². The molecule has 4 heterocycles. The standard InChI is InChI=1S/C15H20N4O2S/c20-13(12-7-22-11-16-12)18-6-3-15(8-18)9-19(10-15)14(21)17-4-1-2-5-17/h7,11H,1-6,8-10H2. The summed E-state index contributed by atoms with van der Waals surface area (Å²) in [6.45, 7) is 4.93. The maximum Gasteiger partial charge on any atom is 0.320 e. The predicted octanol–water partition coefficient (Wildman–Crippen LogP) is 1.51. The van der Waals surface area contributed by atoms with Crippen LogP contribution in [0.2, 0.25) is 0 Å². The lowest BCUT2D eigenvalue weighted by molar-refractivity contribution is 0.0252. The van der Waals surface area contributed by atoms with E-state index < -0.39 is 0 Å². The molecule has 118 valence electrons. The van der Waals surface area contributed by atoms with Crippen LogP contribution in [0.3, 0.4) is 0 Å². The largest absolute Gasteiger partial charge is 0.337 e. The number of carbonyl (C=O) groups excluding carboxylic acids is 2. The molecule has 22 heavy (non-hydrogen) atoms. The summed E-state index contributed by atoms with van der Waals surface area (Å²) in [6, 6.07) is 0.187. The van der Waals surface area contributed by atoms with E-state index in [-0.39, 0.29) is 17.4 Å². The second-order valence-corrected chi connectivity index (χ2v) is 7.40. The summed E-state index contributed by atoms with van der Waals surface area (Å²) in [5.41, 5.74) is 2.37. The number of carbonyl (C=O) groups is 2. The molecule has 1 spiro atoms. The van der Waals surface area contributed by atoms with Gasteiger partial charge in [0.15, 0.2) is 0 Å². The predicted molar refractivity (Wildman–Crippen MR) is 82.8 cm³/mol. The molecular formula is C15H20N4O2S. The van der Waals surface area contributed by atoms with Crippen LogP contribution in [0.15, 0.2) is 10.9 Å². The van der Waals surface area contributed by atoms with Gasteiger partial charge in [-0.05, 0) is 19.3 Å². The van der Waals surface area contributed by atoms with E-state index in [9.17, 15) is 9.59 Å². The third-order valence-electron chi connectivity index (χ3n) is 5.08. The van der Waals surface area contributed by atoms with Gasteiger partial charge in [0, 0.05) is 50.1 Å². The number of thiazole rings is 1. The number of amides is 3. The van der Waals surface area contributed by atoms with Gasteiger partial charge in [-0.25, -0.2) is 9.78 Å². The SMILES string of the molecule is O=C(c1cscn1)N1CCC2(C1)CN(C(=O)N1CCCC1)C2. The summed E-state index contributed by atoms with van der Waals surface area (Å²) in [4.78, 5) is 34.6. The number of hydrogen-bond donors (Lipinski definition) is 0. The summed E-state index contributed by atoms with van der Waals surface area (Å²) < 4.78 is 0. The lowest BCUT2D eigenvalue weighted by Crippen LogP contribution is -2.62. The van der Waals surface area contributed by atoms with Gasteiger partial charge in [-0.1, -0.05) is 0 Å². The highest BCUT2D eigenvalue weighted by atomic mass is 32.1. The second kappa shape index (κ2) is 5.22. The normalized spacial score (nSPS) is 23.2. The summed E-state index contributed by atoms with van der Waals surface area (Å²) in [5, 5.41) is 1.80. The molecule has 0 atom stereocenters. The molecule has 0 aromatic carbocycles. The molecule has 7 heteroatoms. The van der Waals surface area contributed by atoms with Crippen molar-refractivity contribution in [1.29, 1.82) is 0 Å². The molecule has 3 saturated heterocycles. The number of urea groups is 1. The average Bonchev–Trinajstić information content (AvgIpc) is 3.24. The van der Waals surface area contributed by atoms with Gasteiger partial charge in [-0.2, -0.15) is 0 Å². The van der Waals surface area contributed by atoms with Crippen LogP contribution in [0.25, 0.3) is 0 Å². The molecule has 3 fully saturated rings. The van der Waals surface area contributed by atoms with Crippen molar-refractivity contribution in [3.63, 3.8) is 0 Å². The molecular weight excluding hydrogens is 300 g/mol. The first-order valence-corrected chi connectivity index (χ1v) is 8.83. The minimum atomic E-state index is 0.0300. The van der Waals surface area contributed by atoms with E-state index in [4.69, 9.17) is 0 Å². The van der Waals surface area contributed by atoms with Crippen molar-refractivity contribution in [2.75, 3.05) is 39.3 Å². The Balaban J connectivity index is 1.34. The summed E-state index contributed by atoms with van der Waals surface area (Å²) >= 11 is 1.45. The van der Waals surface area contributed by atoms with Crippen molar-refractivity contribution >= 4 is 23.3 Å². The van der Waals surface area contributed by atoms with Crippen LogP contribution in [0.5, 0.6) is 0 Å². The zero-order valence-corrected chi connectivity index (χ0v) is 13.3. The Morgan fingerprint density at radius 1 is 1.05 bits per heavy atom. The minimum Gasteiger partial charge on any atom is -0.337 e. The zero-order valence-electron chi connectivity index (χ0n) is 12.5. The van der Waals surface area contributed by atoms with E-state index >= 15 is 0 Å². The monoisotopic (exact) mass is 320 g/mol. The first kappa shape index (κ1) is 14.0. The van der Waals surface area contributed by atoms with Gasteiger partial charge in [0.05, 0.1) is 5.51 Å². The molecule has 0 unspecified atom stereocenters. The first-order valence-electron chi connectivity index (χ1n) is 7.88. The number of hydrogen-bond acceptors (Lipinski definition) is 4. The molecule has 0 radical (unpaired) electrons. The van der Waals surface area contributed by atoms with Gasteiger partial charge in [-0.15, -0.1) is 11.3 Å². The topological polar surface area (TPSA) is 56.8 Å². The van der Waals surface area contributed by atoms with E-state index in [1.165, 1.54) is 11.3 Å². The highest BCUT2D eigenvalue weighted by Gasteiger charge is 2.51. The molecule has 3 aliphatic heterocycles. The molecule has 0 bridgehead atoms. The Bertz CT molecular complexity index is 576. The Morgan fingerprint density at radius 2 is 1.77 bits per heavy atom. The van der Waals surface area contributed by atoms with Crippen molar-refractivity contribution in [3.8, 4) is 0 Å². The number of nitrogens with zero attached hydrogens (tertiary/aromatic N) is 4. The molecule has 0 saturated carbocycles. The van der Waals surface area contributed by atoms with Gasteiger partial charge < -0.3 is 14.7 Å². The smallest absolute Gasteiger partial charge is 0.320 e. The second-order valence-electron chi connectivity index (χ2n) is 6.68. The molecule has 4 rings (SSSR count). The van der Waals surface area contributed by atoms with Crippen molar-refractivity contribution in [1.82, 2.24) is 19.7 Å². The molecule has 1 aromatic heterocycles. The molecule has 0 N–H and O–H groups in total. The fourth-order valence-electron chi connectivity index (χ4n) is 3.85. The summed E-state index contributed by atoms with van der Waals surface area (Å²) in [5.74, 6) is 0.0300. The summed E-state index contributed by atoms with van der Waals surface area (Å²) in [6.07, 6.45) is 3.24.